The van der Waals surface area contributed by atoms with Crippen molar-refractivity contribution in [1.82, 2.24) is 9.44 Å². The fourth-order valence-corrected chi connectivity index (χ4v) is 3.24. The summed E-state index contributed by atoms with van der Waals surface area (Å²) in [5, 5.41) is 0. The zero-order chi connectivity index (χ0) is 13.8. The lowest BCUT2D eigenvalue weighted by Crippen LogP contribution is -2.50. The summed E-state index contributed by atoms with van der Waals surface area (Å²) in [5.41, 5.74) is 5.46. The molecule has 9 heteroatoms. The first-order valence-corrected chi connectivity index (χ1v) is 7.25. The highest BCUT2D eigenvalue weighted by atomic mass is 32.2. The van der Waals surface area contributed by atoms with Crippen molar-refractivity contribution in [2.75, 3.05) is 13.1 Å². The van der Waals surface area contributed by atoms with Crippen molar-refractivity contribution < 1.29 is 21.6 Å². The van der Waals surface area contributed by atoms with Gasteiger partial charge < -0.3 is 5.73 Å². The van der Waals surface area contributed by atoms with Crippen LogP contribution in [0.1, 0.15) is 25.7 Å². The molecule has 1 rings (SSSR count). The smallest absolute Gasteiger partial charge is 0.329 e. The quantitative estimate of drug-likeness (QED) is 0.665. The number of halogens is 3. The predicted octanol–water partition coefficient (Wildman–Crippen LogP) is 0.490. The topological polar surface area (TPSA) is 84.2 Å². The second-order valence-corrected chi connectivity index (χ2v) is 5.98. The van der Waals surface area contributed by atoms with E-state index in [1.54, 1.807) is 0 Å². The van der Waals surface area contributed by atoms with Gasteiger partial charge in [0, 0.05) is 12.6 Å². The van der Waals surface area contributed by atoms with Gasteiger partial charge in [-0.2, -0.15) is 31.0 Å². The summed E-state index contributed by atoms with van der Waals surface area (Å²) in [6, 6.07) is -0.502. The third-order valence-corrected chi connectivity index (χ3v) is 4.13. The molecule has 1 fully saturated rings. The van der Waals surface area contributed by atoms with Gasteiger partial charge in [0.15, 0.2) is 0 Å². The van der Waals surface area contributed by atoms with Crippen molar-refractivity contribution in [3.05, 3.63) is 0 Å². The summed E-state index contributed by atoms with van der Waals surface area (Å²) in [6.45, 7) is -1.50. The van der Waals surface area contributed by atoms with Gasteiger partial charge in [0.05, 0.1) is 0 Å². The van der Waals surface area contributed by atoms with Gasteiger partial charge in [-0.05, 0) is 18.8 Å². The van der Waals surface area contributed by atoms with Crippen LogP contribution in [0, 0.1) is 5.92 Å². The fraction of sp³-hybridized carbons (Fsp3) is 1.00. The average molecular weight is 289 g/mol. The van der Waals surface area contributed by atoms with Crippen LogP contribution >= 0.6 is 0 Å². The molecular weight excluding hydrogens is 271 g/mol. The van der Waals surface area contributed by atoms with Gasteiger partial charge in [-0.25, -0.2) is 0 Å². The highest BCUT2D eigenvalue weighted by Gasteiger charge is 2.32. The Morgan fingerprint density at radius 2 is 1.83 bits per heavy atom. The van der Waals surface area contributed by atoms with Crippen molar-refractivity contribution in [3.63, 3.8) is 0 Å². The Kier molecular flexibility index (Phi) is 5.38. The molecule has 0 saturated heterocycles. The Morgan fingerprint density at radius 3 is 2.28 bits per heavy atom. The van der Waals surface area contributed by atoms with Crippen molar-refractivity contribution >= 4 is 10.2 Å². The lowest BCUT2D eigenvalue weighted by Gasteiger charge is -2.23. The van der Waals surface area contributed by atoms with E-state index < -0.39 is 29.0 Å². The molecule has 18 heavy (non-hydrogen) atoms. The van der Waals surface area contributed by atoms with Crippen LogP contribution in [-0.4, -0.2) is 33.7 Å². The summed E-state index contributed by atoms with van der Waals surface area (Å²) in [7, 11) is -4.16. The molecule has 5 nitrogen and oxygen atoms in total. The van der Waals surface area contributed by atoms with Crippen molar-refractivity contribution in [3.8, 4) is 0 Å². The summed E-state index contributed by atoms with van der Waals surface area (Å²) < 4.78 is 62.3. The van der Waals surface area contributed by atoms with E-state index in [4.69, 9.17) is 5.73 Å². The summed E-state index contributed by atoms with van der Waals surface area (Å²) in [5.74, 6) is 0.109. The first-order valence-electron chi connectivity index (χ1n) is 5.77. The highest BCUT2D eigenvalue weighted by Crippen LogP contribution is 2.27. The van der Waals surface area contributed by atoms with Gasteiger partial charge in [0.2, 0.25) is 0 Å². The molecule has 0 aromatic carbocycles. The molecule has 108 valence electrons. The van der Waals surface area contributed by atoms with Crippen LogP contribution in [0.2, 0.25) is 0 Å². The first-order chi connectivity index (χ1) is 8.23. The van der Waals surface area contributed by atoms with E-state index in [2.05, 4.69) is 4.72 Å². The van der Waals surface area contributed by atoms with Gasteiger partial charge in [0.1, 0.15) is 6.54 Å². The van der Waals surface area contributed by atoms with Crippen molar-refractivity contribution in [2.45, 2.75) is 37.9 Å². The van der Waals surface area contributed by atoms with E-state index >= 15 is 0 Å². The van der Waals surface area contributed by atoms with Crippen molar-refractivity contribution in [1.29, 1.82) is 0 Å². The number of hydrogen-bond donors (Lipinski definition) is 3. The molecule has 0 aliphatic heterocycles. The standard InChI is InChI=1S/C9H18F3N3O2S/c10-9(11,12)6-14-18(16,17)15-8(5-13)7-3-1-2-4-7/h7-8,14-15H,1-6,13H2. The Labute approximate surface area is 104 Å². The van der Waals surface area contributed by atoms with Crippen LogP contribution in [0.25, 0.3) is 0 Å². The van der Waals surface area contributed by atoms with Crippen LogP contribution in [0.5, 0.6) is 0 Å². The van der Waals surface area contributed by atoms with E-state index in [9.17, 15) is 21.6 Å². The third-order valence-electron chi connectivity index (χ3n) is 2.99. The van der Waals surface area contributed by atoms with Gasteiger partial charge in [-0.1, -0.05) is 12.8 Å². The number of alkyl halides is 3. The van der Waals surface area contributed by atoms with E-state index in [1.165, 1.54) is 4.72 Å². The van der Waals surface area contributed by atoms with Gasteiger partial charge in [-0.3, -0.25) is 0 Å². The van der Waals surface area contributed by atoms with Crippen LogP contribution in [0.3, 0.4) is 0 Å². The number of nitrogens with two attached hydrogens (primary N) is 1. The molecule has 1 atom stereocenters. The first kappa shape index (κ1) is 15.7. The maximum Gasteiger partial charge on any atom is 0.402 e. The SMILES string of the molecule is NCC(NS(=O)(=O)NCC(F)(F)F)C1CCCC1. The molecule has 1 saturated carbocycles. The Balaban J connectivity index is 2.51. The maximum atomic E-state index is 11.9. The molecule has 0 radical (unpaired) electrons. The minimum Gasteiger partial charge on any atom is -0.329 e. The highest BCUT2D eigenvalue weighted by molar-refractivity contribution is 7.87. The Morgan fingerprint density at radius 1 is 1.28 bits per heavy atom. The number of nitrogens with one attached hydrogen (secondary N) is 2. The minimum atomic E-state index is -4.57. The lowest BCUT2D eigenvalue weighted by atomic mass is 9.99. The van der Waals surface area contributed by atoms with E-state index in [0.29, 0.717) is 0 Å². The molecule has 4 N–H and O–H groups in total. The largest absolute Gasteiger partial charge is 0.402 e. The van der Waals surface area contributed by atoms with Gasteiger partial charge in [-0.15, -0.1) is 0 Å². The molecule has 1 aliphatic carbocycles. The average Bonchev–Trinajstić information content (AvgIpc) is 2.76. The summed E-state index contributed by atoms with van der Waals surface area (Å²) in [4.78, 5) is 0. The van der Waals surface area contributed by atoms with Crippen molar-refractivity contribution in [2.24, 2.45) is 11.7 Å². The summed E-state index contributed by atoms with van der Waals surface area (Å²) >= 11 is 0. The fourth-order valence-electron chi connectivity index (χ4n) is 2.11. The molecule has 1 aliphatic rings. The van der Waals surface area contributed by atoms with E-state index in [-0.39, 0.29) is 12.5 Å². The third kappa shape index (κ3) is 5.51. The molecule has 0 heterocycles. The zero-order valence-electron chi connectivity index (χ0n) is 9.83. The molecule has 0 aromatic rings. The molecule has 0 spiro atoms. The lowest BCUT2D eigenvalue weighted by molar-refractivity contribution is -0.121. The molecule has 0 bridgehead atoms. The zero-order valence-corrected chi connectivity index (χ0v) is 10.6. The second kappa shape index (κ2) is 6.18. The van der Waals surface area contributed by atoms with Gasteiger partial charge in [0.25, 0.3) is 10.2 Å². The summed E-state index contributed by atoms with van der Waals surface area (Å²) in [6.07, 6.45) is -0.870. The molecule has 1 unspecified atom stereocenters. The van der Waals surface area contributed by atoms with Gasteiger partial charge >= 0.3 is 6.18 Å². The Bertz CT molecular complexity index is 353. The number of hydrogen-bond acceptors (Lipinski definition) is 3. The Hall–Kier alpha value is -0.380. The normalized spacial score (nSPS) is 20.2. The maximum absolute atomic E-state index is 11.9. The van der Waals surface area contributed by atoms with E-state index in [1.807, 2.05) is 0 Å². The molecule has 0 aromatic heterocycles. The number of rotatable bonds is 6. The second-order valence-electron chi connectivity index (χ2n) is 4.44. The molecular formula is C9H18F3N3O2S. The van der Waals surface area contributed by atoms with Crippen LogP contribution < -0.4 is 15.2 Å². The van der Waals surface area contributed by atoms with Crippen LogP contribution in [0.15, 0.2) is 0 Å². The molecule has 0 amide bonds. The minimum absolute atomic E-state index is 0.0809. The van der Waals surface area contributed by atoms with Crippen LogP contribution in [-0.2, 0) is 10.2 Å². The predicted molar refractivity (Wildman–Crippen MR) is 60.9 cm³/mol. The van der Waals surface area contributed by atoms with E-state index in [0.717, 1.165) is 25.7 Å². The van der Waals surface area contributed by atoms with Crippen LogP contribution in [0.4, 0.5) is 13.2 Å². The monoisotopic (exact) mass is 289 g/mol.